The number of aryl methyl sites for hydroxylation is 1. The zero-order valence-electron chi connectivity index (χ0n) is 11.3. The second kappa shape index (κ2) is 4.54. The maximum absolute atomic E-state index is 12.6. The molecule has 0 spiro atoms. The third-order valence-electron chi connectivity index (χ3n) is 3.93. The van der Waals surface area contributed by atoms with Crippen molar-refractivity contribution in [3.05, 3.63) is 64.2 Å². The molecule has 96 valence electrons. The van der Waals surface area contributed by atoms with Crippen LogP contribution in [0.5, 0.6) is 0 Å². The van der Waals surface area contributed by atoms with Gasteiger partial charge in [0.15, 0.2) is 5.78 Å². The Labute approximate surface area is 113 Å². The van der Waals surface area contributed by atoms with Crippen molar-refractivity contribution in [2.24, 2.45) is 0 Å². The Balaban J connectivity index is 2.02. The molecule has 2 heteroatoms. The van der Waals surface area contributed by atoms with Crippen LogP contribution < -0.4 is 5.32 Å². The normalized spacial score (nSPS) is 12.9. The predicted octanol–water partition coefficient (Wildman–Crippen LogP) is 3.50. The van der Waals surface area contributed by atoms with E-state index in [1.165, 1.54) is 5.56 Å². The van der Waals surface area contributed by atoms with Gasteiger partial charge in [-0.1, -0.05) is 30.3 Å². The fraction of sp³-hybridized carbons (Fsp3) is 0.235. The first kappa shape index (κ1) is 12.0. The number of ketones is 1. The minimum absolute atomic E-state index is 0.109. The highest BCUT2D eigenvalue weighted by atomic mass is 16.1. The molecule has 0 radical (unpaired) electrons. The van der Waals surface area contributed by atoms with Gasteiger partial charge in [-0.3, -0.25) is 4.79 Å². The largest absolute Gasteiger partial charge is 0.384 e. The van der Waals surface area contributed by atoms with Gasteiger partial charge in [-0.25, -0.2) is 0 Å². The Morgan fingerprint density at radius 1 is 1.16 bits per heavy atom. The quantitative estimate of drug-likeness (QED) is 0.828. The second-order valence-corrected chi connectivity index (χ2v) is 5.13. The number of carbonyl (C=O) groups is 1. The van der Waals surface area contributed by atoms with E-state index in [9.17, 15) is 4.79 Å². The summed E-state index contributed by atoms with van der Waals surface area (Å²) in [5.74, 6) is 0.109. The number of carbonyl (C=O) groups excluding carboxylic acids is 1. The molecule has 1 N–H and O–H groups in total. The number of hydrogen-bond donors (Lipinski definition) is 1. The Hall–Kier alpha value is -2.09. The molecule has 0 amide bonds. The summed E-state index contributed by atoms with van der Waals surface area (Å²) in [6.45, 7) is 5.01. The first-order valence-corrected chi connectivity index (χ1v) is 6.64. The second-order valence-electron chi connectivity index (χ2n) is 5.13. The molecule has 3 rings (SSSR count). The molecule has 0 saturated carbocycles. The first-order chi connectivity index (χ1) is 9.16. The van der Waals surface area contributed by atoms with Crippen molar-refractivity contribution < 1.29 is 4.79 Å². The minimum atomic E-state index is 0.109. The SMILES string of the molecule is Cc1cccc(C(=O)c2ccc3c(c2)NCC3)c1C. The van der Waals surface area contributed by atoms with Crippen LogP contribution in [0.1, 0.15) is 32.6 Å². The van der Waals surface area contributed by atoms with Crippen molar-refractivity contribution in [3.63, 3.8) is 0 Å². The zero-order chi connectivity index (χ0) is 13.4. The summed E-state index contributed by atoms with van der Waals surface area (Å²) in [7, 11) is 0. The van der Waals surface area contributed by atoms with E-state index in [0.717, 1.165) is 40.9 Å². The monoisotopic (exact) mass is 251 g/mol. The van der Waals surface area contributed by atoms with E-state index in [4.69, 9.17) is 0 Å². The van der Waals surface area contributed by atoms with E-state index in [1.807, 2.05) is 44.2 Å². The summed E-state index contributed by atoms with van der Waals surface area (Å²) >= 11 is 0. The molecule has 0 saturated heterocycles. The maximum Gasteiger partial charge on any atom is 0.193 e. The Kier molecular flexibility index (Phi) is 2.86. The number of nitrogens with one attached hydrogen (secondary N) is 1. The molecule has 0 atom stereocenters. The molecule has 1 heterocycles. The van der Waals surface area contributed by atoms with Gasteiger partial charge in [0.25, 0.3) is 0 Å². The van der Waals surface area contributed by atoms with Gasteiger partial charge in [-0.2, -0.15) is 0 Å². The topological polar surface area (TPSA) is 29.1 Å². The van der Waals surface area contributed by atoms with E-state index in [0.29, 0.717) is 0 Å². The molecule has 1 aliphatic rings. The van der Waals surface area contributed by atoms with Crippen molar-refractivity contribution >= 4 is 11.5 Å². The lowest BCUT2D eigenvalue weighted by atomic mass is 9.95. The van der Waals surface area contributed by atoms with Gasteiger partial charge in [0, 0.05) is 23.4 Å². The summed E-state index contributed by atoms with van der Waals surface area (Å²) in [6, 6.07) is 11.9. The molecule has 0 aromatic heterocycles. The molecule has 2 nitrogen and oxygen atoms in total. The molecule has 2 aromatic carbocycles. The molecule has 0 bridgehead atoms. The van der Waals surface area contributed by atoms with Crippen molar-refractivity contribution in [2.75, 3.05) is 11.9 Å². The van der Waals surface area contributed by atoms with Crippen LogP contribution in [0.3, 0.4) is 0 Å². The van der Waals surface area contributed by atoms with E-state index in [2.05, 4.69) is 11.4 Å². The average molecular weight is 251 g/mol. The Morgan fingerprint density at radius 2 is 2.00 bits per heavy atom. The number of fused-ring (bicyclic) bond motifs is 1. The Morgan fingerprint density at radius 3 is 2.84 bits per heavy atom. The number of benzene rings is 2. The van der Waals surface area contributed by atoms with Gasteiger partial charge in [-0.05, 0) is 43.0 Å². The lowest BCUT2D eigenvalue weighted by molar-refractivity contribution is 0.103. The summed E-state index contributed by atoms with van der Waals surface area (Å²) in [4.78, 5) is 12.6. The molecule has 0 unspecified atom stereocenters. The number of hydrogen-bond acceptors (Lipinski definition) is 2. The van der Waals surface area contributed by atoms with Gasteiger partial charge in [0.2, 0.25) is 0 Å². The third-order valence-corrected chi connectivity index (χ3v) is 3.93. The molecule has 1 aliphatic heterocycles. The molecular formula is C17H17NO. The van der Waals surface area contributed by atoms with Crippen LogP contribution in [0.2, 0.25) is 0 Å². The first-order valence-electron chi connectivity index (χ1n) is 6.64. The Bertz CT molecular complexity index is 658. The van der Waals surface area contributed by atoms with E-state index in [1.54, 1.807) is 0 Å². The van der Waals surface area contributed by atoms with Crippen LogP contribution in [-0.4, -0.2) is 12.3 Å². The van der Waals surface area contributed by atoms with Crippen molar-refractivity contribution in [2.45, 2.75) is 20.3 Å². The van der Waals surface area contributed by atoms with Crippen molar-refractivity contribution in [1.82, 2.24) is 0 Å². The minimum Gasteiger partial charge on any atom is -0.384 e. The highest BCUT2D eigenvalue weighted by molar-refractivity contribution is 6.10. The van der Waals surface area contributed by atoms with Crippen LogP contribution in [0.4, 0.5) is 5.69 Å². The summed E-state index contributed by atoms with van der Waals surface area (Å²) in [5, 5.41) is 3.32. The lowest BCUT2D eigenvalue weighted by Gasteiger charge is -2.09. The van der Waals surface area contributed by atoms with Gasteiger partial charge in [0.05, 0.1) is 0 Å². The summed E-state index contributed by atoms with van der Waals surface area (Å²) in [6.07, 6.45) is 1.05. The predicted molar refractivity (Wildman–Crippen MR) is 78.0 cm³/mol. The molecule has 0 aliphatic carbocycles. The fourth-order valence-electron chi connectivity index (χ4n) is 2.58. The van der Waals surface area contributed by atoms with E-state index < -0.39 is 0 Å². The van der Waals surface area contributed by atoms with Gasteiger partial charge >= 0.3 is 0 Å². The average Bonchev–Trinajstić information content (AvgIpc) is 2.88. The van der Waals surface area contributed by atoms with Crippen LogP contribution >= 0.6 is 0 Å². The van der Waals surface area contributed by atoms with E-state index in [-0.39, 0.29) is 5.78 Å². The lowest BCUT2D eigenvalue weighted by Crippen LogP contribution is -2.05. The smallest absolute Gasteiger partial charge is 0.193 e. The van der Waals surface area contributed by atoms with Gasteiger partial charge < -0.3 is 5.32 Å². The van der Waals surface area contributed by atoms with Crippen LogP contribution in [0, 0.1) is 13.8 Å². The molecule has 19 heavy (non-hydrogen) atoms. The van der Waals surface area contributed by atoms with Crippen molar-refractivity contribution in [1.29, 1.82) is 0 Å². The number of rotatable bonds is 2. The zero-order valence-corrected chi connectivity index (χ0v) is 11.3. The van der Waals surface area contributed by atoms with Gasteiger partial charge in [-0.15, -0.1) is 0 Å². The fourth-order valence-corrected chi connectivity index (χ4v) is 2.58. The highest BCUT2D eigenvalue weighted by Crippen LogP contribution is 2.25. The van der Waals surface area contributed by atoms with Gasteiger partial charge in [0.1, 0.15) is 0 Å². The maximum atomic E-state index is 12.6. The molecule has 2 aromatic rings. The standard InChI is InChI=1S/C17H17NO/c1-11-4-3-5-15(12(11)2)17(19)14-7-6-13-8-9-18-16(13)10-14/h3-7,10,18H,8-9H2,1-2H3. The molecular weight excluding hydrogens is 234 g/mol. The third kappa shape index (κ3) is 2.03. The van der Waals surface area contributed by atoms with Crippen LogP contribution in [-0.2, 0) is 6.42 Å². The van der Waals surface area contributed by atoms with E-state index >= 15 is 0 Å². The number of anilines is 1. The van der Waals surface area contributed by atoms with Crippen molar-refractivity contribution in [3.8, 4) is 0 Å². The summed E-state index contributed by atoms with van der Waals surface area (Å²) in [5.41, 5.74) is 6.21. The summed E-state index contributed by atoms with van der Waals surface area (Å²) < 4.78 is 0. The van der Waals surface area contributed by atoms with Crippen LogP contribution in [0.25, 0.3) is 0 Å². The van der Waals surface area contributed by atoms with Crippen LogP contribution in [0.15, 0.2) is 36.4 Å². The molecule has 0 fully saturated rings. The highest BCUT2D eigenvalue weighted by Gasteiger charge is 2.16.